The number of ether oxygens (including phenoxy) is 1. The maximum absolute atomic E-state index is 12.5. The fourth-order valence-corrected chi connectivity index (χ4v) is 3.02. The summed E-state index contributed by atoms with van der Waals surface area (Å²) in [6, 6.07) is 4.36. The highest BCUT2D eigenvalue weighted by Crippen LogP contribution is 2.40. The van der Waals surface area contributed by atoms with Crippen molar-refractivity contribution in [3.63, 3.8) is 0 Å². The first-order chi connectivity index (χ1) is 8.77. The molecule has 1 saturated heterocycles. The second-order valence-electron chi connectivity index (χ2n) is 4.79. The van der Waals surface area contributed by atoms with E-state index in [1.165, 1.54) is 0 Å². The summed E-state index contributed by atoms with van der Waals surface area (Å²) in [6.07, 6.45) is 0.882. The number of fused-ring (bicyclic) bond motifs is 3. The van der Waals surface area contributed by atoms with Crippen LogP contribution >= 0.6 is 12.4 Å². The number of hydrogen-bond donors (Lipinski definition) is 1. The summed E-state index contributed by atoms with van der Waals surface area (Å²) in [6.45, 7) is 4.58. The molecule has 2 heterocycles. The predicted molar refractivity (Wildman–Crippen MR) is 76.3 cm³/mol. The molecule has 0 spiro atoms. The number of hydrogen-bond acceptors (Lipinski definition) is 3. The highest BCUT2D eigenvalue weighted by molar-refractivity contribution is 6.02. The van der Waals surface area contributed by atoms with Gasteiger partial charge in [0.05, 0.1) is 18.7 Å². The lowest BCUT2D eigenvalue weighted by atomic mass is 9.98. The van der Waals surface area contributed by atoms with Crippen LogP contribution in [0.2, 0.25) is 0 Å². The van der Waals surface area contributed by atoms with Crippen molar-refractivity contribution >= 4 is 18.3 Å². The molecule has 1 N–H and O–H groups in total. The third-order valence-corrected chi connectivity index (χ3v) is 3.93. The van der Waals surface area contributed by atoms with Crippen LogP contribution in [-0.4, -0.2) is 37.6 Å². The van der Waals surface area contributed by atoms with Gasteiger partial charge in [-0.3, -0.25) is 4.79 Å². The van der Waals surface area contributed by atoms with Crippen molar-refractivity contribution in [3.05, 3.63) is 28.8 Å². The molecule has 0 saturated carbocycles. The van der Waals surface area contributed by atoms with Crippen LogP contribution in [0.3, 0.4) is 0 Å². The van der Waals surface area contributed by atoms with Gasteiger partial charge in [0.15, 0.2) is 0 Å². The van der Waals surface area contributed by atoms with Gasteiger partial charge in [-0.25, -0.2) is 0 Å². The Bertz CT molecular complexity index is 504. The number of amides is 1. The number of halogens is 1. The fraction of sp³-hybridized carbons (Fsp3) is 0.500. The molecule has 0 bridgehead atoms. The van der Waals surface area contributed by atoms with Crippen LogP contribution in [0, 0.1) is 0 Å². The standard InChI is InChI=1S/C14H18N2O2.ClH/c1-3-9-4-5-10-11-8-15-6-7-16(11)14(17)12(10)13(9)18-2;/h4-5,11,15H,3,6-8H2,1-2H3;1H/t11-;/m0./s1. The number of aryl methyl sites for hydroxylation is 1. The molecule has 2 aliphatic rings. The van der Waals surface area contributed by atoms with Crippen LogP contribution < -0.4 is 10.1 Å². The van der Waals surface area contributed by atoms with Crippen molar-refractivity contribution in [2.45, 2.75) is 19.4 Å². The SMILES string of the molecule is CCc1ccc2c(c1OC)C(=O)N1CCNC[C@@H]21.Cl. The minimum atomic E-state index is 0. The number of benzene rings is 1. The van der Waals surface area contributed by atoms with Gasteiger partial charge in [-0.2, -0.15) is 0 Å². The number of carbonyl (C=O) groups excluding carboxylic acids is 1. The molecule has 4 nitrogen and oxygen atoms in total. The van der Waals surface area contributed by atoms with Crippen molar-refractivity contribution in [3.8, 4) is 5.75 Å². The lowest BCUT2D eigenvalue weighted by molar-refractivity contribution is 0.0689. The topological polar surface area (TPSA) is 41.6 Å². The van der Waals surface area contributed by atoms with Crippen LogP contribution in [0.5, 0.6) is 5.75 Å². The number of nitrogens with one attached hydrogen (secondary N) is 1. The zero-order valence-corrected chi connectivity index (χ0v) is 12.0. The summed E-state index contributed by atoms with van der Waals surface area (Å²) >= 11 is 0. The smallest absolute Gasteiger partial charge is 0.258 e. The molecule has 1 aromatic carbocycles. The Kier molecular flexibility index (Phi) is 4.02. The van der Waals surface area contributed by atoms with E-state index < -0.39 is 0 Å². The third kappa shape index (κ3) is 1.99. The maximum atomic E-state index is 12.5. The first-order valence-corrected chi connectivity index (χ1v) is 6.49. The minimum absolute atomic E-state index is 0. The average molecular weight is 283 g/mol. The summed E-state index contributed by atoms with van der Waals surface area (Å²) < 4.78 is 5.49. The number of methoxy groups -OCH3 is 1. The molecular formula is C14H19ClN2O2. The molecule has 1 amide bonds. The van der Waals surface area contributed by atoms with Gasteiger partial charge in [0.2, 0.25) is 0 Å². The quantitative estimate of drug-likeness (QED) is 0.899. The van der Waals surface area contributed by atoms with E-state index in [4.69, 9.17) is 4.74 Å². The summed E-state index contributed by atoms with van der Waals surface area (Å²) in [5.41, 5.74) is 3.00. The summed E-state index contributed by atoms with van der Waals surface area (Å²) in [4.78, 5) is 14.5. The Labute approximate surface area is 119 Å². The van der Waals surface area contributed by atoms with Crippen LogP contribution in [0.1, 0.15) is 34.5 Å². The van der Waals surface area contributed by atoms with Crippen LogP contribution in [-0.2, 0) is 6.42 Å². The number of rotatable bonds is 2. The Morgan fingerprint density at radius 2 is 2.26 bits per heavy atom. The Morgan fingerprint density at radius 3 is 2.95 bits per heavy atom. The number of piperazine rings is 1. The van der Waals surface area contributed by atoms with E-state index in [0.717, 1.165) is 48.5 Å². The van der Waals surface area contributed by atoms with E-state index in [0.29, 0.717) is 0 Å². The predicted octanol–water partition coefficient (Wildman–Crippen LogP) is 1.78. The highest BCUT2D eigenvalue weighted by Gasteiger charge is 2.40. The van der Waals surface area contributed by atoms with Gasteiger partial charge in [-0.05, 0) is 17.5 Å². The van der Waals surface area contributed by atoms with Crippen LogP contribution in [0.25, 0.3) is 0 Å². The van der Waals surface area contributed by atoms with Crippen LogP contribution in [0.15, 0.2) is 12.1 Å². The second kappa shape index (κ2) is 5.39. The van der Waals surface area contributed by atoms with Crippen LogP contribution in [0.4, 0.5) is 0 Å². The average Bonchev–Trinajstić information content (AvgIpc) is 2.72. The first-order valence-electron chi connectivity index (χ1n) is 6.49. The molecule has 0 radical (unpaired) electrons. The second-order valence-corrected chi connectivity index (χ2v) is 4.79. The zero-order valence-electron chi connectivity index (χ0n) is 11.2. The van der Waals surface area contributed by atoms with Gasteiger partial charge < -0.3 is 15.0 Å². The van der Waals surface area contributed by atoms with Gasteiger partial charge in [0.1, 0.15) is 5.75 Å². The third-order valence-electron chi connectivity index (χ3n) is 3.93. The molecule has 2 aliphatic heterocycles. The highest BCUT2D eigenvalue weighted by atomic mass is 35.5. The van der Waals surface area contributed by atoms with Gasteiger partial charge in [-0.15, -0.1) is 12.4 Å². The Hall–Kier alpha value is -1.26. The van der Waals surface area contributed by atoms with Gasteiger partial charge >= 0.3 is 0 Å². The van der Waals surface area contributed by atoms with E-state index >= 15 is 0 Å². The summed E-state index contributed by atoms with van der Waals surface area (Å²) in [7, 11) is 1.65. The number of nitrogens with zero attached hydrogens (tertiary/aromatic N) is 1. The van der Waals surface area contributed by atoms with E-state index in [9.17, 15) is 4.79 Å². The van der Waals surface area contributed by atoms with E-state index in [1.807, 2.05) is 4.90 Å². The molecule has 5 heteroatoms. The van der Waals surface area contributed by atoms with E-state index in [1.54, 1.807) is 7.11 Å². The summed E-state index contributed by atoms with van der Waals surface area (Å²) in [5.74, 6) is 0.901. The normalized spacial score (nSPS) is 20.6. The lowest BCUT2D eigenvalue weighted by Crippen LogP contribution is -2.44. The van der Waals surface area contributed by atoms with Crippen molar-refractivity contribution in [2.75, 3.05) is 26.7 Å². The van der Waals surface area contributed by atoms with Gasteiger partial charge in [0, 0.05) is 19.6 Å². The largest absolute Gasteiger partial charge is 0.496 e. The van der Waals surface area contributed by atoms with E-state index in [2.05, 4.69) is 24.4 Å². The molecule has 3 rings (SSSR count). The van der Waals surface area contributed by atoms with Gasteiger partial charge in [0.25, 0.3) is 5.91 Å². The van der Waals surface area contributed by atoms with E-state index in [-0.39, 0.29) is 24.4 Å². The molecule has 0 unspecified atom stereocenters. The molecule has 0 aromatic heterocycles. The van der Waals surface area contributed by atoms with Gasteiger partial charge in [-0.1, -0.05) is 19.1 Å². The Morgan fingerprint density at radius 1 is 1.47 bits per heavy atom. The van der Waals surface area contributed by atoms with Crippen molar-refractivity contribution in [2.24, 2.45) is 0 Å². The first kappa shape index (κ1) is 14.2. The molecule has 104 valence electrons. The van der Waals surface area contributed by atoms with Crippen molar-refractivity contribution in [1.29, 1.82) is 0 Å². The minimum Gasteiger partial charge on any atom is -0.496 e. The monoisotopic (exact) mass is 282 g/mol. The molecular weight excluding hydrogens is 264 g/mol. The van der Waals surface area contributed by atoms with Crippen molar-refractivity contribution < 1.29 is 9.53 Å². The molecule has 0 aliphatic carbocycles. The zero-order chi connectivity index (χ0) is 12.7. The number of carbonyl (C=O) groups is 1. The Balaban J connectivity index is 0.00000133. The fourth-order valence-electron chi connectivity index (χ4n) is 3.02. The molecule has 1 atom stereocenters. The molecule has 1 fully saturated rings. The molecule has 1 aromatic rings. The summed E-state index contributed by atoms with van der Waals surface area (Å²) in [5, 5.41) is 3.35. The maximum Gasteiger partial charge on any atom is 0.258 e. The lowest BCUT2D eigenvalue weighted by Gasteiger charge is -2.30. The van der Waals surface area contributed by atoms with Crippen molar-refractivity contribution in [1.82, 2.24) is 10.2 Å². The molecule has 19 heavy (non-hydrogen) atoms.